The number of hydrogen-bond donors (Lipinski definition) is 0. The van der Waals surface area contributed by atoms with Gasteiger partial charge in [-0.1, -0.05) is 191 Å². The summed E-state index contributed by atoms with van der Waals surface area (Å²) >= 11 is 1.90. The molecule has 1 spiro atoms. The van der Waals surface area contributed by atoms with Crippen molar-refractivity contribution in [1.82, 2.24) is 0 Å². The summed E-state index contributed by atoms with van der Waals surface area (Å²) in [5.41, 5.74) is 23.8. The molecule has 9 aromatic carbocycles. The average molecular weight is 824 g/mol. The molecule has 1 nitrogen and oxygen atoms in total. The normalized spacial score (nSPS) is 17.1. The third-order valence-electron chi connectivity index (χ3n) is 14.9. The molecule has 3 aliphatic carbocycles. The molecular formula is C61H45NS. The van der Waals surface area contributed by atoms with Gasteiger partial charge >= 0.3 is 0 Å². The van der Waals surface area contributed by atoms with Crippen LogP contribution in [0.3, 0.4) is 0 Å². The van der Waals surface area contributed by atoms with E-state index in [-0.39, 0.29) is 10.8 Å². The molecule has 0 fully saturated rings. The second-order valence-corrected chi connectivity index (χ2v) is 19.9. The van der Waals surface area contributed by atoms with Crippen molar-refractivity contribution in [1.29, 1.82) is 0 Å². The van der Waals surface area contributed by atoms with Crippen molar-refractivity contribution in [3.05, 3.63) is 245 Å². The molecule has 13 rings (SSSR count). The lowest BCUT2D eigenvalue weighted by molar-refractivity contribution is 0.660. The minimum Gasteiger partial charge on any atom is -0.310 e. The second kappa shape index (κ2) is 13.1. The van der Waals surface area contributed by atoms with E-state index in [2.05, 4.69) is 233 Å². The van der Waals surface area contributed by atoms with Crippen molar-refractivity contribution in [3.8, 4) is 44.5 Å². The van der Waals surface area contributed by atoms with Crippen LogP contribution in [-0.2, 0) is 16.2 Å². The molecule has 0 bridgehead atoms. The molecule has 0 radical (unpaired) electrons. The molecule has 0 saturated heterocycles. The van der Waals surface area contributed by atoms with Gasteiger partial charge in [0, 0.05) is 37.6 Å². The summed E-state index contributed by atoms with van der Waals surface area (Å²) in [4.78, 5) is 5.21. The molecule has 4 aliphatic rings. The van der Waals surface area contributed by atoms with Crippen LogP contribution in [0.2, 0.25) is 0 Å². The highest BCUT2D eigenvalue weighted by atomic mass is 32.2. The summed E-state index contributed by atoms with van der Waals surface area (Å²) < 4.78 is 0. The van der Waals surface area contributed by atoms with Gasteiger partial charge in [0.2, 0.25) is 0 Å². The zero-order chi connectivity index (χ0) is 42.2. The lowest BCUT2D eigenvalue weighted by Crippen LogP contribution is -2.33. The first kappa shape index (κ1) is 36.8. The highest BCUT2D eigenvalue weighted by Crippen LogP contribution is 2.65. The Morgan fingerprint density at radius 1 is 0.333 bits per heavy atom. The van der Waals surface area contributed by atoms with Crippen LogP contribution in [0.25, 0.3) is 44.5 Å². The van der Waals surface area contributed by atoms with Gasteiger partial charge in [0.05, 0.1) is 11.1 Å². The Bertz CT molecular complexity index is 3280. The minimum atomic E-state index is -0.596. The first-order chi connectivity index (χ1) is 30.8. The molecule has 0 saturated carbocycles. The predicted octanol–water partition coefficient (Wildman–Crippen LogP) is 16.3. The fourth-order valence-corrected chi connectivity index (χ4v) is 13.2. The Kier molecular flexibility index (Phi) is 7.63. The van der Waals surface area contributed by atoms with Gasteiger partial charge in [-0.25, -0.2) is 0 Å². The first-order valence-corrected chi connectivity index (χ1v) is 23.1. The van der Waals surface area contributed by atoms with Gasteiger partial charge in [-0.15, -0.1) is 0 Å². The fraction of sp³-hybridized carbons (Fsp3) is 0.115. The van der Waals surface area contributed by atoms with E-state index in [1.54, 1.807) is 0 Å². The Labute approximate surface area is 374 Å². The molecule has 9 aromatic rings. The van der Waals surface area contributed by atoms with Gasteiger partial charge in [0.25, 0.3) is 0 Å². The maximum Gasteiger partial charge on any atom is 0.0756 e. The van der Waals surface area contributed by atoms with Crippen LogP contribution in [0.5, 0.6) is 0 Å². The van der Waals surface area contributed by atoms with E-state index >= 15 is 0 Å². The van der Waals surface area contributed by atoms with Crippen LogP contribution < -0.4 is 4.90 Å². The molecular weight excluding hydrogens is 779 g/mol. The van der Waals surface area contributed by atoms with Gasteiger partial charge in [0.1, 0.15) is 0 Å². The van der Waals surface area contributed by atoms with Crippen LogP contribution in [0.4, 0.5) is 17.1 Å². The predicted molar refractivity (Wildman–Crippen MR) is 263 cm³/mol. The van der Waals surface area contributed by atoms with Crippen molar-refractivity contribution in [3.63, 3.8) is 0 Å². The van der Waals surface area contributed by atoms with Crippen molar-refractivity contribution in [2.24, 2.45) is 0 Å². The summed E-state index contributed by atoms with van der Waals surface area (Å²) in [6.07, 6.45) is 0. The van der Waals surface area contributed by atoms with E-state index in [0.717, 1.165) is 0 Å². The third-order valence-corrected chi connectivity index (χ3v) is 16.1. The van der Waals surface area contributed by atoms with Gasteiger partial charge in [-0.3, -0.25) is 0 Å². The molecule has 300 valence electrons. The summed E-state index contributed by atoms with van der Waals surface area (Å²) in [5.74, 6) is 0. The van der Waals surface area contributed by atoms with Crippen LogP contribution in [0.1, 0.15) is 72.2 Å². The zero-order valence-electron chi connectivity index (χ0n) is 35.9. The highest BCUT2D eigenvalue weighted by molar-refractivity contribution is 7.99. The van der Waals surface area contributed by atoms with Crippen LogP contribution in [0.15, 0.2) is 210 Å². The summed E-state index contributed by atoms with van der Waals surface area (Å²) in [6.45, 7) is 9.57. The molecule has 1 aliphatic heterocycles. The topological polar surface area (TPSA) is 3.24 Å². The third kappa shape index (κ3) is 4.90. The van der Waals surface area contributed by atoms with Gasteiger partial charge in [-0.2, -0.15) is 0 Å². The first-order valence-electron chi connectivity index (χ1n) is 22.3. The maximum atomic E-state index is 2.61. The summed E-state index contributed by atoms with van der Waals surface area (Å²) in [6, 6.07) is 76.1. The quantitative estimate of drug-likeness (QED) is 0.174. The molecule has 0 amide bonds. The number of fused-ring (bicyclic) bond motifs is 15. The Morgan fingerprint density at radius 2 is 0.825 bits per heavy atom. The fourth-order valence-electron chi connectivity index (χ4n) is 12.0. The molecule has 1 atom stereocenters. The second-order valence-electron chi connectivity index (χ2n) is 18.8. The number of hydrogen-bond acceptors (Lipinski definition) is 2. The van der Waals surface area contributed by atoms with E-state index in [0.29, 0.717) is 0 Å². The monoisotopic (exact) mass is 823 g/mol. The van der Waals surface area contributed by atoms with E-state index in [9.17, 15) is 0 Å². The number of benzene rings is 9. The molecule has 1 heterocycles. The summed E-state index contributed by atoms with van der Waals surface area (Å²) in [7, 11) is 0. The zero-order valence-corrected chi connectivity index (χ0v) is 36.7. The summed E-state index contributed by atoms with van der Waals surface area (Å²) in [5, 5.41) is 0. The molecule has 1 unspecified atom stereocenters. The number of nitrogens with zero attached hydrogens (tertiary/aromatic N) is 1. The van der Waals surface area contributed by atoms with Crippen molar-refractivity contribution < 1.29 is 0 Å². The lowest BCUT2D eigenvalue weighted by Gasteiger charge is -2.42. The van der Waals surface area contributed by atoms with Crippen LogP contribution >= 0.6 is 11.8 Å². The van der Waals surface area contributed by atoms with Crippen molar-refractivity contribution in [2.45, 2.75) is 53.7 Å². The highest BCUT2D eigenvalue weighted by Gasteiger charge is 2.52. The average Bonchev–Trinajstić information content (AvgIpc) is 3.84. The number of rotatable bonds is 4. The lowest BCUT2D eigenvalue weighted by atomic mass is 9.66. The van der Waals surface area contributed by atoms with E-state index < -0.39 is 5.41 Å². The molecule has 0 aromatic heterocycles. The van der Waals surface area contributed by atoms with E-state index in [1.807, 2.05) is 11.8 Å². The van der Waals surface area contributed by atoms with Crippen LogP contribution in [0, 0.1) is 0 Å². The largest absolute Gasteiger partial charge is 0.310 e. The SMILES string of the molecule is CC1(C)c2ccccc2-c2ccc(N(c3ccc4c(c3)C(C)(C)c3ccccc3-4)c3cccc4c3C3(c5ccccc5Sc5ccc(-c6ccccc6)cc53)c3ccccc3-4)cc21. The Hall–Kier alpha value is -6.87. The molecule has 63 heavy (non-hydrogen) atoms. The van der Waals surface area contributed by atoms with Crippen LogP contribution in [-0.4, -0.2) is 0 Å². The van der Waals surface area contributed by atoms with Crippen molar-refractivity contribution >= 4 is 28.8 Å². The number of anilines is 3. The van der Waals surface area contributed by atoms with Gasteiger partial charge in [-0.05, 0) is 132 Å². The van der Waals surface area contributed by atoms with E-state index in [1.165, 1.54) is 116 Å². The standard InChI is InChI=1S/C61H45NS/c1-59(2)48-23-11-8-19-42(48)45-32-30-40(36-52(45)59)62(41-31-33-46-43-20-9-12-24-49(43)60(3,4)53(46)37-41)55-27-16-22-47-44-21-10-13-25-50(44)61(58(47)55)51-26-14-15-28-56(51)63-57-34-29-39(35-54(57)61)38-17-6-5-7-18-38/h5-37H,1-4H3. The van der Waals surface area contributed by atoms with Crippen molar-refractivity contribution in [2.75, 3.05) is 4.90 Å². The molecule has 0 N–H and O–H groups in total. The van der Waals surface area contributed by atoms with Gasteiger partial charge in [0.15, 0.2) is 0 Å². The Balaban J connectivity index is 1.13. The Morgan fingerprint density at radius 3 is 1.46 bits per heavy atom. The van der Waals surface area contributed by atoms with Gasteiger partial charge < -0.3 is 4.90 Å². The van der Waals surface area contributed by atoms with E-state index in [4.69, 9.17) is 0 Å². The molecule has 2 heteroatoms. The smallest absolute Gasteiger partial charge is 0.0756 e. The minimum absolute atomic E-state index is 0.155. The maximum absolute atomic E-state index is 2.61.